The average molecular weight is 441 g/mol. The van der Waals surface area contributed by atoms with Crippen molar-refractivity contribution in [1.82, 2.24) is 9.80 Å². The van der Waals surface area contributed by atoms with Crippen LogP contribution in [0, 0.1) is 5.92 Å². The van der Waals surface area contributed by atoms with Crippen LogP contribution < -0.4 is 10.2 Å². The van der Waals surface area contributed by atoms with Gasteiger partial charge in [-0.25, -0.2) is 4.79 Å². The van der Waals surface area contributed by atoms with Crippen LogP contribution in [0.2, 0.25) is 0 Å². The number of carbonyl (C=O) groups excluding carboxylic acids is 1. The summed E-state index contributed by atoms with van der Waals surface area (Å²) in [5, 5.41) is 0. The summed E-state index contributed by atoms with van der Waals surface area (Å²) in [5.41, 5.74) is 1.95. The van der Waals surface area contributed by atoms with E-state index in [1.54, 1.807) is 4.90 Å². The van der Waals surface area contributed by atoms with Crippen molar-refractivity contribution in [2.24, 2.45) is 5.92 Å². The lowest BCUT2D eigenvalue weighted by Crippen LogP contribution is -2.44. The summed E-state index contributed by atoms with van der Waals surface area (Å²) in [7, 11) is 0. The second-order valence-corrected chi connectivity index (χ2v) is 9.73. The fourth-order valence-corrected chi connectivity index (χ4v) is 4.26. The van der Waals surface area contributed by atoms with Crippen molar-refractivity contribution < 1.29 is 18.7 Å². The highest BCUT2D eigenvalue weighted by molar-refractivity contribution is 5.68. The van der Waals surface area contributed by atoms with Crippen LogP contribution in [0.15, 0.2) is 45.8 Å². The molecular weight excluding hydrogens is 408 g/mol. The standard InChI is InChI=1S/C25H32N2O5/c1-25(2,3)32-24(29)27-10-6-7-18(12-27)16-31-23-17-30-21(11-22(23)28)15-26-13-19-8-4-5-9-20(19)14-26/h4-5,8-9,11,17-18H,6-7,10,12-16H2,1-3H3/t18-/m1/s1. The van der Waals surface area contributed by atoms with Gasteiger partial charge >= 0.3 is 6.09 Å². The quantitative estimate of drug-likeness (QED) is 0.695. The first kappa shape index (κ1) is 22.4. The maximum absolute atomic E-state index is 12.5. The molecule has 1 atom stereocenters. The van der Waals surface area contributed by atoms with E-state index in [9.17, 15) is 9.59 Å². The number of benzene rings is 1. The Morgan fingerprint density at radius 1 is 1.19 bits per heavy atom. The zero-order valence-corrected chi connectivity index (χ0v) is 19.1. The van der Waals surface area contributed by atoms with Crippen LogP contribution >= 0.6 is 0 Å². The minimum absolute atomic E-state index is 0.151. The number of hydrogen-bond acceptors (Lipinski definition) is 6. The lowest BCUT2D eigenvalue weighted by Gasteiger charge is -2.33. The molecule has 2 aliphatic heterocycles. The number of carbonyl (C=O) groups is 1. The summed E-state index contributed by atoms with van der Waals surface area (Å²) in [4.78, 5) is 28.9. The molecule has 0 radical (unpaired) electrons. The molecule has 0 N–H and O–H groups in total. The van der Waals surface area contributed by atoms with Gasteiger partial charge in [-0.1, -0.05) is 24.3 Å². The fourth-order valence-electron chi connectivity index (χ4n) is 4.26. The lowest BCUT2D eigenvalue weighted by molar-refractivity contribution is 0.0138. The smallest absolute Gasteiger partial charge is 0.410 e. The van der Waals surface area contributed by atoms with Crippen molar-refractivity contribution in [3.63, 3.8) is 0 Å². The van der Waals surface area contributed by atoms with Gasteiger partial charge in [-0.3, -0.25) is 9.69 Å². The van der Waals surface area contributed by atoms with Crippen LogP contribution in [-0.4, -0.2) is 41.2 Å². The molecule has 0 unspecified atom stereocenters. The van der Waals surface area contributed by atoms with Crippen LogP contribution in [-0.2, 0) is 24.4 Å². The molecule has 4 rings (SSSR count). The van der Waals surface area contributed by atoms with Gasteiger partial charge in [0, 0.05) is 38.2 Å². The zero-order valence-electron chi connectivity index (χ0n) is 19.1. The number of fused-ring (bicyclic) bond motifs is 1. The summed E-state index contributed by atoms with van der Waals surface area (Å²) in [6, 6.07) is 9.89. The summed E-state index contributed by atoms with van der Waals surface area (Å²) < 4.78 is 17.0. The van der Waals surface area contributed by atoms with Gasteiger partial charge in [0.05, 0.1) is 13.2 Å². The van der Waals surface area contributed by atoms with Gasteiger partial charge in [0.15, 0.2) is 0 Å². The molecule has 1 aromatic carbocycles. The van der Waals surface area contributed by atoms with E-state index < -0.39 is 5.60 Å². The summed E-state index contributed by atoms with van der Waals surface area (Å²) in [6.45, 7) is 9.49. The Kier molecular flexibility index (Phi) is 6.55. The van der Waals surface area contributed by atoms with Crippen molar-refractivity contribution in [3.05, 3.63) is 63.7 Å². The topological polar surface area (TPSA) is 72.2 Å². The van der Waals surface area contributed by atoms with E-state index in [1.807, 2.05) is 32.9 Å². The molecule has 2 aromatic rings. The number of piperidine rings is 1. The Hall–Kier alpha value is -2.80. The van der Waals surface area contributed by atoms with E-state index in [-0.39, 0.29) is 23.2 Å². The third-order valence-electron chi connectivity index (χ3n) is 5.78. The molecule has 7 heteroatoms. The third-order valence-corrected chi connectivity index (χ3v) is 5.78. The second kappa shape index (κ2) is 9.36. The molecule has 1 amide bonds. The van der Waals surface area contributed by atoms with Crippen LogP contribution in [0.4, 0.5) is 4.79 Å². The molecule has 32 heavy (non-hydrogen) atoms. The van der Waals surface area contributed by atoms with Crippen molar-refractivity contribution in [1.29, 1.82) is 0 Å². The number of hydrogen-bond donors (Lipinski definition) is 0. The number of rotatable bonds is 5. The first-order chi connectivity index (χ1) is 15.3. The monoisotopic (exact) mass is 440 g/mol. The minimum atomic E-state index is -0.515. The van der Waals surface area contributed by atoms with Crippen LogP contribution in [0.25, 0.3) is 0 Å². The fraction of sp³-hybridized carbons (Fsp3) is 0.520. The Labute approximate surface area is 188 Å². The van der Waals surface area contributed by atoms with E-state index in [1.165, 1.54) is 23.5 Å². The summed E-state index contributed by atoms with van der Waals surface area (Å²) >= 11 is 0. The van der Waals surface area contributed by atoms with Gasteiger partial charge < -0.3 is 18.8 Å². The molecule has 0 bridgehead atoms. The first-order valence-electron chi connectivity index (χ1n) is 11.3. The molecule has 7 nitrogen and oxygen atoms in total. The predicted molar refractivity (Wildman–Crippen MR) is 120 cm³/mol. The molecule has 0 aliphatic carbocycles. The lowest BCUT2D eigenvalue weighted by atomic mass is 9.99. The van der Waals surface area contributed by atoms with Crippen molar-refractivity contribution in [3.8, 4) is 5.75 Å². The van der Waals surface area contributed by atoms with Gasteiger partial charge in [-0.05, 0) is 44.7 Å². The van der Waals surface area contributed by atoms with Gasteiger partial charge in [0.25, 0.3) is 0 Å². The third kappa shape index (κ3) is 5.71. The number of likely N-dealkylation sites (tertiary alicyclic amines) is 1. The second-order valence-electron chi connectivity index (χ2n) is 9.73. The summed E-state index contributed by atoms with van der Waals surface area (Å²) in [6.07, 6.45) is 2.95. The van der Waals surface area contributed by atoms with E-state index in [0.29, 0.717) is 32.0 Å². The molecule has 172 valence electrons. The SMILES string of the molecule is CC(C)(C)OC(=O)N1CCC[C@@H](COc2coc(CN3Cc4ccccc4C3)cc2=O)C1. The Bertz CT molecular complexity index is 985. The van der Waals surface area contributed by atoms with E-state index in [4.69, 9.17) is 13.9 Å². The predicted octanol–water partition coefficient (Wildman–Crippen LogP) is 4.18. The molecular formula is C25H32N2O5. The van der Waals surface area contributed by atoms with Crippen molar-refractivity contribution in [2.75, 3.05) is 19.7 Å². The van der Waals surface area contributed by atoms with Crippen LogP contribution in [0.5, 0.6) is 5.75 Å². The van der Waals surface area contributed by atoms with Gasteiger partial charge in [0.1, 0.15) is 17.6 Å². The van der Waals surface area contributed by atoms with Crippen LogP contribution in [0.1, 0.15) is 50.5 Å². The van der Waals surface area contributed by atoms with Gasteiger partial charge in [-0.15, -0.1) is 0 Å². The van der Waals surface area contributed by atoms with Crippen LogP contribution in [0.3, 0.4) is 0 Å². The number of amides is 1. The van der Waals surface area contributed by atoms with E-state index in [0.717, 1.165) is 25.9 Å². The number of ether oxygens (including phenoxy) is 2. The minimum Gasteiger partial charge on any atom is -0.486 e. The zero-order chi connectivity index (χ0) is 22.7. The van der Waals surface area contributed by atoms with Crippen molar-refractivity contribution >= 4 is 6.09 Å². The molecule has 1 saturated heterocycles. The number of nitrogens with zero attached hydrogens (tertiary/aromatic N) is 2. The molecule has 1 fully saturated rings. The Morgan fingerprint density at radius 2 is 1.91 bits per heavy atom. The summed E-state index contributed by atoms with van der Waals surface area (Å²) in [5.74, 6) is 0.996. The largest absolute Gasteiger partial charge is 0.486 e. The molecule has 3 heterocycles. The van der Waals surface area contributed by atoms with Gasteiger partial charge in [-0.2, -0.15) is 0 Å². The highest BCUT2D eigenvalue weighted by Crippen LogP contribution is 2.24. The molecule has 0 saturated carbocycles. The molecule has 2 aliphatic rings. The molecule has 1 aromatic heterocycles. The van der Waals surface area contributed by atoms with Gasteiger partial charge in [0.2, 0.25) is 11.2 Å². The maximum Gasteiger partial charge on any atom is 0.410 e. The normalized spacial score (nSPS) is 19.0. The van der Waals surface area contributed by atoms with Crippen molar-refractivity contribution in [2.45, 2.75) is 58.8 Å². The average Bonchev–Trinajstić information content (AvgIpc) is 3.14. The molecule has 0 spiro atoms. The highest BCUT2D eigenvalue weighted by atomic mass is 16.6. The Morgan fingerprint density at radius 3 is 2.56 bits per heavy atom. The van der Waals surface area contributed by atoms with E-state index >= 15 is 0 Å². The Balaban J connectivity index is 1.29. The first-order valence-corrected chi connectivity index (χ1v) is 11.3. The van der Waals surface area contributed by atoms with E-state index in [2.05, 4.69) is 17.0 Å². The highest BCUT2D eigenvalue weighted by Gasteiger charge is 2.28. The maximum atomic E-state index is 12.5.